The Bertz CT molecular complexity index is 3520. The van der Waals surface area contributed by atoms with Crippen LogP contribution in [-0.4, -0.2) is 0 Å². The number of para-hydroxylation sites is 1. The van der Waals surface area contributed by atoms with Crippen LogP contribution in [0.5, 0.6) is 0 Å². The molecular formula is C58H37NO2. The molecule has 0 bridgehead atoms. The smallest absolute Gasteiger partial charge is 0.143 e. The average Bonchev–Trinajstić information content (AvgIpc) is 3.91. The Labute approximate surface area is 353 Å². The van der Waals surface area contributed by atoms with Crippen molar-refractivity contribution in [3.05, 3.63) is 224 Å². The summed E-state index contributed by atoms with van der Waals surface area (Å²) in [6.07, 6.45) is 0. The van der Waals surface area contributed by atoms with Crippen LogP contribution in [0.2, 0.25) is 0 Å². The van der Waals surface area contributed by atoms with Crippen molar-refractivity contribution in [2.75, 3.05) is 4.90 Å². The van der Waals surface area contributed by atoms with E-state index in [1.807, 2.05) is 12.1 Å². The van der Waals surface area contributed by atoms with Gasteiger partial charge in [0.15, 0.2) is 0 Å². The number of rotatable bonds is 7. The first-order chi connectivity index (χ1) is 30.2. The zero-order valence-electron chi connectivity index (χ0n) is 33.1. The van der Waals surface area contributed by atoms with Crippen LogP contribution in [0.25, 0.3) is 99.2 Å². The van der Waals surface area contributed by atoms with Gasteiger partial charge >= 0.3 is 0 Å². The molecule has 3 nitrogen and oxygen atoms in total. The monoisotopic (exact) mass is 779 g/mol. The topological polar surface area (TPSA) is 29.5 Å². The van der Waals surface area contributed by atoms with Crippen LogP contribution in [-0.2, 0) is 0 Å². The lowest BCUT2D eigenvalue weighted by atomic mass is 9.93. The SMILES string of the molecule is c1ccc(-c2cc(-c3ccccc3)cc(-c3ccc(N(c4cccc(-c5ccc6oc7ccccc7c6c5)c4)c4cccc5oc6c7ccccc7ccc6c45)cc3)c2)cc1. The van der Waals surface area contributed by atoms with Gasteiger partial charge in [0.1, 0.15) is 22.3 Å². The molecule has 12 aromatic rings. The second-order valence-corrected chi connectivity index (χ2v) is 15.7. The van der Waals surface area contributed by atoms with Crippen molar-refractivity contribution in [1.29, 1.82) is 0 Å². The minimum absolute atomic E-state index is 0.852. The summed E-state index contributed by atoms with van der Waals surface area (Å²) in [7, 11) is 0. The summed E-state index contributed by atoms with van der Waals surface area (Å²) < 4.78 is 12.9. The third-order valence-corrected chi connectivity index (χ3v) is 12.0. The van der Waals surface area contributed by atoms with E-state index < -0.39 is 0 Å². The predicted octanol–water partition coefficient (Wildman–Crippen LogP) is 16.8. The molecule has 12 rings (SSSR count). The highest BCUT2D eigenvalue weighted by molar-refractivity contribution is 6.19. The van der Waals surface area contributed by atoms with Gasteiger partial charge in [0.2, 0.25) is 0 Å². The number of hydrogen-bond acceptors (Lipinski definition) is 3. The van der Waals surface area contributed by atoms with E-state index in [4.69, 9.17) is 8.83 Å². The van der Waals surface area contributed by atoms with E-state index in [1.54, 1.807) is 0 Å². The van der Waals surface area contributed by atoms with Gasteiger partial charge in [-0.1, -0.05) is 146 Å². The summed E-state index contributed by atoms with van der Waals surface area (Å²) >= 11 is 0. The molecule has 0 N–H and O–H groups in total. The molecule has 61 heavy (non-hydrogen) atoms. The zero-order valence-corrected chi connectivity index (χ0v) is 33.1. The van der Waals surface area contributed by atoms with Crippen molar-refractivity contribution in [3.63, 3.8) is 0 Å². The normalized spacial score (nSPS) is 11.6. The Kier molecular flexibility index (Phi) is 8.17. The largest absolute Gasteiger partial charge is 0.456 e. The maximum atomic E-state index is 6.73. The molecule has 0 unspecified atom stereocenters. The van der Waals surface area contributed by atoms with Gasteiger partial charge in [-0.15, -0.1) is 0 Å². The van der Waals surface area contributed by atoms with Crippen LogP contribution in [0.1, 0.15) is 0 Å². The van der Waals surface area contributed by atoms with Crippen molar-refractivity contribution in [2.24, 2.45) is 0 Å². The van der Waals surface area contributed by atoms with Gasteiger partial charge in [-0.2, -0.15) is 0 Å². The standard InChI is InChI=1S/C58H37NO2/c1-3-13-38(14-4-1)44-33-45(39-15-5-2-6-16-39)35-46(34-44)40-25-29-47(30-26-40)59(53-22-12-24-56-57(53)51-31-27-41-17-7-8-20-49(41)58(51)61-56)48-19-11-18-42(36-48)43-28-32-55-52(37-43)50-21-9-10-23-54(50)60-55/h1-37H. The van der Waals surface area contributed by atoms with Gasteiger partial charge in [0.05, 0.1) is 11.1 Å². The van der Waals surface area contributed by atoms with Gasteiger partial charge in [-0.3, -0.25) is 0 Å². The summed E-state index contributed by atoms with van der Waals surface area (Å²) in [6.45, 7) is 0. The summed E-state index contributed by atoms with van der Waals surface area (Å²) in [4.78, 5) is 2.38. The molecule has 0 saturated carbocycles. The van der Waals surface area contributed by atoms with E-state index in [9.17, 15) is 0 Å². The molecule has 0 fully saturated rings. The number of furan rings is 2. The van der Waals surface area contributed by atoms with E-state index >= 15 is 0 Å². The molecule has 0 spiro atoms. The van der Waals surface area contributed by atoms with Gasteiger partial charge in [0, 0.05) is 32.9 Å². The lowest BCUT2D eigenvalue weighted by Gasteiger charge is -2.27. The van der Waals surface area contributed by atoms with Crippen LogP contribution >= 0.6 is 0 Å². The van der Waals surface area contributed by atoms with Crippen molar-refractivity contribution < 1.29 is 8.83 Å². The maximum absolute atomic E-state index is 6.73. The van der Waals surface area contributed by atoms with Crippen LogP contribution in [0.15, 0.2) is 233 Å². The van der Waals surface area contributed by atoms with Crippen molar-refractivity contribution in [3.8, 4) is 44.5 Å². The highest BCUT2D eigenvalue weighted by Gasteiger charge is 2.21. The molecule has 0 aliphatic carbocycles. The predicted molar refractivity (Wildman–Crippen MR) is 255 cm³/mol. The fourth-order valence-electron chi connectivity index (χ4n) is 9.07. The first kappa shape index (κ1) is 34.9. The third-order valence-electron chi connectivity index (χ3n) is 12.0. The number of hydrogen-bond donors (Lipinski definition) is 0. The molecule has 3 heteroatoms. The fraction of sp³-hybridized carbons (Fsp3) is 0. The molecule has 0 atom stereocenters. The van der Waals surface area contributed by atoms with Gasteiger partial charge in [-0.05, 0) is 129 Å². The van der Waals surface area contributed by atoms with Crippen molar-refractivity contribution in [2.45, 2.75) is 0 Å². The lowest BCUT2D eigenvalue weighted by molar-refractivity contribution is 0.669. The summed E-state index contributed by atoms with van der Waals surface area (Å²) in [5.74, 6) is 0. The highest BCUT2D eigenvalue weighted by Crippen LogP contribution is 2.46. The lowest BCUT2D eigenvalue weighted by Crippen LogP contribution is -2.10. The minimum Gasteiger partial charge on any atom is -0.456 e. The van der Waals surface area contributed by atoms with Crippen LogP contribution in [0.4, 0.5) is 17.1 Å². The van der Waals surface area contributed by atoms with E-state index in [2.05, 4.69) is 217 Å². The maximum Gasteiger partial charge on any atom is 0.143 e. The second-order valence-electron chi connectivity index (χ2n) is 15.7. The molecular weight excluding hydrogens is 743 g/mol. The van der Waals surface area contributed by atoms with Crippen LogP contribution in [0, 0.1) is 0 Å². The highest BCUT2D eigenvalue weighted by atomic mass is 16.3. The molecule has 0 amide bonds. The fourth-order valence-corrected chi connectivity index (χ4v) is 9.07. The van der Waals surface area contributed by atoms with E-state index in [0.717, 1.165) is 94.0 Å². The van der Waals surface area contributed by atoms with Gasteiger partial charge in [-0.25, -0.2) is 0 Å². The first-order valence-corrected chi connectivity index (χ1v) is 20.7. The third kappa shape index (κ3) is 6.06. The summed E-state index contributed by atoms with van der Waals surface area (Å²) in [6, 6.07) is 80.1. The second kappa shape index (κ2) is 14.3. The minimum atomic E-state index is 0.852. The first-order valence-electron chi connectivity index (χ1n) is 20.7. The average molecular weight is 780 g/mol. The summed E-state index contributed by atoms with van der Waals surface area (Å²) in [5, 5.41) is 6.66. The number of benzene rings is 10. The van der Waals surface area contributed by atoms with Crippen LogP contribution < -0.4 is 4.90 Å². The molecule has 0 aliphatic heterocycles. The molecule has 0 saturated heterocycles. The van der Waals surface area contributed by atoms with E-state index in [-0.39, 0.29) is 0 Å². The van der Waals surface area contributed by atoms with E-state index in [1.165, 1.54) is 22.3 Å². The van der Waals surface area contributed by atoms with Crippen LogP contribution in [0.3, 0.4) is 0 Å². The quantitative estimate of drug-likeness (QED) is 0.161. The van der Waals surface area contributed by atoms with Crippen molar-refractivity contribution in [1.82, 2.24) is 0 Å². The molecule has 2 aromatic heterocycles. The Hall–Kier alpha value is -8.14. The molecule has 286 valence electrons. The van der Waals surface area contributed by atoms with Gasteiger partial charge in [0.25, 0.3) is 0 Å². The number of anilines is 3. The van der Waals surface area contributed by atoms with Crippen molar-refractivity contribution >= 4 is 71.7 Å². The Balaban J connectivity index is 1.03. The molecule has 10 aromatic carbocycles. The zero-order chi connectivity index (χ0) is 40.3. The molecule has 2 heterocycles. The summed E-state index contributed by atoms with van der Waals surface area (Å²) in [5.41, 5.74) is 16.0. The molecule has 0 aliphatic rings. The number of fused-ring (bicyclic) bond motifs is 8. The van der Waals surface area contributed by atoms with Gasteiger partial charge < -0.3 is 13.7 Å². The molecule has 0 radical (unpaired) electrons. The number of nitrogens with zero attached hydrogens (tertiary/aromatic N) is 1. The Morgan fingerprint density at radius 2 is 0.852 bits per heavy atom. The van der Waals surface area contributed by atoms with E-state index in [0.29, 0.717) is 0 Å². The Morgan fingerprint density at radius 3 is 1.61 bits per heavy atom. The Morgan fingerprint density at radius 1 is 0.279 bits per heavy atom.